The number of aryl methyl sites for hydroxylation is 2. The predicted octanol–water partition coefficient (Wildman–Crippen LogP) is 4.46. The lowest BCUT2D eigenvalue weighted by Crippen LogP contribution is -2.30. The standard InChI is InChI=1S/C24H31ClN4O3S/c1-5-20(17-9-8-10-18(25)15-17)27-24(30)14-13-23-26-21-16-19(11-12-22(21)28(23)4)33(31,32)29(6-2)7-3/h8-12,15-16,20H,5-7,13-14H2,1-4H3,(H,27,30). The quantitative estimate of drug-likeness (QED) is 0.454. The van der Waals surface area contributed by atoms with Gasteiger partial charge in [-0.05, 0) is 42.3 Å². The van der Waals surface area contributed by atoms with Gasteiger partial charge in [0.25, 0.3) is 0 Å². The molecule has 0 aliphatic heterocycles. The first-order valence-corrected chi connectivity index (χ1v) is 13.0. The van der Waals surface area contributed by atoms with Gasteiger partial charge in [0.05, 0.1) is 22.0 Å². The summed E-state index contributed by atoms with van der Waals surface area (Å²) in [6.07, 6.45) is 1.47. The average molecular weight is 491 g/mol. The largest absolute Gasteiger partial charge is 0.349 e. The molecule has 178 valence electrons. The second-order valence-corrected chi connectivity index (χ2v) is 10.3. The van der Waals surface area contributed by atoms with Gasteiger partial charge >= 0.3 is 0 Å². The summed E-state index contributed by atoms with van der Waals surface area (Å²) in [6.45, 7) is 6.47. The second kappa shape index (κ2) is 10.7. The molecule has 0 bridgehead atoms. The number of fused-ring (bicyclic) bond motifs is 1. The Kier molecular flexibility index (Phi) is 8.15. The van der Waals surface area contributed by atoms with Crippen LogP contribution in [-0.4, -0.2) is 41.3 Å². The molecule has 0 radical (unpaired) electrons. The number of rotatable bonds is 10. The van der Waals surface area contributed by atoms with Crippen molar-refractivity contribution in [2.24, 2.45) is 7.05 Å². The second-order valence-electron chi connectivity index (χ2n) is 7.91. The molecule has 1 unspecified atom stereocenters. The van der Waals surface area contributed by atoms with Gasteiger partial charge in [-0.2, -0.15) is 4.31 Å². The van der Waals surface area contributed by atoms with Crippen LogP contribution in [-0.2, 0) is 28.3 Å². The van der Waals surface area contributed by atoms with Crippen LogP contribution in [0.1, 0.15) is 51.0 Å². The Morgan fingerprint density at radius 1 is 1.15 bits per heavy atom. The van der Waals surface area contributed by atoms with E-state index in [4.69, 9.17) is 11.6 Å². The van der Waals surface area contributed by atoms with E-state index in [1.807, 2.05) is 56.7 Å². The Hall–Kier alpha value is -2.42. The van der Waals surface area contributed by atoms with Gasteiger partial charge in [-0.3, -0.25) is 4.79 Å². The zero-order valence-electron chi connectivity index (χ0n) is 19.5. The minimum atomic E-state index is -3.56. The molecule has 1 heterocycles. The van der Waals surface area contributed by atoms with Crippen molar-refractivity contribution in [3.63, 3.8) is 0 Å². The van der Waals surface area contributed by atoms with E-state index in [9.17, 15) is 13.2 Å². The first-order chi connectivity index (χ1) is 15.7. The number of benzene rings is 2. The molecule has 0 saturated carbocycles. The number of halogens is 1. The molecule has 0 spiro atoms. The molecular weight excluding hydrogens is 460 g/mol. The highest BCUT2D eigenvalue weighted by atomic mass is 35.5. The van der Waals surface area contributed by atoms with E-state index in [-0.39, 0.29) is 23.3 Å². The van der Waals surface area contributed by atoms with E-state index in [2.05, 4.69) is 10.3 Å². The van der Waals surface area contributed by atoms with Gasteiger partial charge in [-0.15, -0.1) is 0 Å². The van der Waals surface area contributed by atoms with Crippen LogP contribution in [0, 0.1) is 0 Å². The van der Waals surface area contributed by atoms with Crippen LogP contribution in [0.3, 0.4) is 0 Å². The monoisotopic (exact) mass is 490 g/mol. The van der Waals surface area contributed by atoms with Gasteiger partial charge in [-0.1, -0.05) is 44.5 Å². The van der Waals surface area contributed by atoms with Crippen LogP contribution in [0.5, 0.6) is 0 Å². The summed E-state index contributed by atoms with van der Waals surface area (Å²) in [5.41, 5.74) is 2.41. The van der Waals surface area contributed by atoms with Crippen LogP contribution in [0.2, 0.25) is 5.02 Å². The fourth-order valence-electron chi connectivity index (χ4n) is 3.96. The highest BCUT2D eigenvalue weighted by Crippen LogP contribution is 2.23. The Labute approximate surface area is 200 Å². The summed E-state index contributed by atoms with van der Waals surface area (Å²) < 4.78 is 29.0. The van der Waals surface area contributed by atoms with Crippen LogP contribution >= 0.6 is 11.6 Å². The molecule has 0 aliphatic carbocycles. The number of sulfonamides is 1. The van der Waals surface area contributed by atoms with E-state index in [0.29, 0.717) is 30.0 Å². The molecule has 0 fully saturated rings. The Morgan fingerprint density at radius 3 is 2.52 bits per heavy atom. The molecular formula is C24H31ClN4O3S. The average Bonchev–Trinajstić information content (AvgIpc) is 3.11. The molecule has 1 atom stereocenters. The summed E-state index contributed by atoms with van der Waals surface area (Å²) >= 11 is 6.09. The van der Waals surface area contributed by atoms with E-state index < -0.39 is 10.0 Å². The topological polar surface area (TPSA) is 84.3 Å². The summed E-state index contributed by atoms with van der Waals surface area (Å²) in [6, 6.07) is 12.4. The van der Waals surface area contributed by atoms with Crippen molar-refractivity contribution in [3.05, 3.63) is 58.9 Å². The number of hydrogen-bond donors (Lipinski definition) is 1. The molecule has 0 saturated heterocycles. The fraction of sp³-hybridized carbons (Fsp3) is 0.417. The van der Waals surface area contributed by atoms with E-state index in [1.54, 1.807) is 18.2 Å². The van der Waals surface area contributed by atoms with Gasteiger partial charge in [-0.25, -0.2) is 13.4 Å². The smallest absolute Gasteiger partial charge is 0.243 e. The summed E-state index contributed by atoms with van der Waals surface area (Å²) in [4.78, 5) is 17.5. The highest BCUT2D eigenvalue weighted by molar-refractivity contribution is 7.89. The van der Waals surface area contributed by atoms with Crippen molar-refractivity contribution < 1.29 is 13.2 Å². The molecule has 3 rings (SSSR count). The number of aromatic nitrogens is 2. The minimum Gasteiger partial charge on any atom is -0.349 e. The van der Waals surface area contributed by atoms with Gasteiger partial charge in [0.1, 0.15) is 5.82 Å². The molecule has 1 N–H and O–H groups in total. The van der Waals surface area contributed by atoms with Crippen molar-refractivity contribution >= 4 is 38.6 Å². The molecule has 9 heteroatoms. The Balaban J connectivity index is 1.74. The lowest BCUT2D eigenvalue weighted by Gasteiger charge is -2.18. The van der Waals surface area contributed by atoms with Gasteiger partial charge in [0.2, 0.25) is 15.9 Å². The third-order valence-electron chi connectivity index (χ3n) is 5.86. The molecule has 7 nitrogen and oxygen atoms in total. The molecule has 0 aliphatic rings. The summed E-state index contributed by atoms with van der Waals surface area (Å²) in [5, 5.41) is 3.71. The maximum Gasteiger partial charge on any atom is 0.243 e. The zero-order chi connectivity index (χ0) is 24.2. The normalized spacial score (nSPS) is 12.9. The first-order valence-electron chi connectivity index (χ1n) is 11.2. The van der Waals surface area contributed by atoms with Crippen molar-refractivity contribution in [2.45, 2.75) is 51.0 Å². The maximum absolute atomic E-state index is 12.8. The third kappa shape index (κ3) is 5.57. The fourth-order valence-corrected chi connectivity index (χ4v) is 5.64. The van der Waals surface area contributed by atoms with E-state index >= 15 is 0 Å². The number of carbonyl (C=O) groups excluding carboxylic acids is 1. The summed E-state index contributed by atoms with van der Waals surface area (Å²) in [7, 11) is -1.68. The number of carbonyl (C=O) groups is 1. The van der Waals surface area contributed by atoms with Crippen LogP contribution in [0.4, 0.5) is 0 Å². The Bertz CT molecular complexity index is 1240. The molecule has 1 amide bonds. The van der Waals surface area contributed by atoms with Crippen molar-refractivity contribution in [1.29, 1.82) is 0 Å². The number of nitrogens with one attached hydrogen (secondary N) is 1. The predicted molar refractivity (Wildman–Crippen MR) is 132 cm³/mol. The molecule has 2 aromatic carbocycles. The van der Waals surface area contributed by atoms with E-state index in [0.717, 1.165) is 23.3 Å². The maximum atomic E-state index is 12.8. The van der Waals surface area contributed by atoms with Gasteiger partial charge < -0.3 is 9.88 Å². The molecule has 1 aromatic heterocycles. The van der Waals surface area contributed by atoms with Crippen molar-refractivity contribution in [3.8, 4) is 0 Å². The van der Waals surface area contributed by atoms with Crippen molar-refractivity contribution in [2.75, 3.05) is 13.1 Å². The number of amides is 1. The SMILES string of the molecule is CCC(NC(=O)CCc1nc2cc(S(=O)(=O)N(CC)CC)ccc2n1C)c1cccc(Cl)c1. The molecule has 3 aromatic rings. The third-order valence-corrected chi connectivity index (χ3v) is 8.14. The lowest BCUT2D eigenvalue weighted by atomic mass is 10.0. The van der Waals surface area contributed by atoms with E-state index in [1.165, 1.54) is 4.31 Å². The number of imidazole rings is 1. The van der Waals surface area contributed by atoms with Crippen LogP contribution in [0.15, 0.2) is 47.4 Å². The van der Waals surface area contributed by atoms with Crippen LogP contribution in [0.25, 0.3) is 11.0 Å². The van der Waals surface area contributed by atoms with Gasteiger partial charge in [0.15, 0.2) is 0 Å². The Morgan fingerprint density at radius 2 is 1.88 bits per heavy atom. The molecule has 33 heavy (non-hydrogen) atoms. The number of hydrogen-bond acceptors (Lipinski definition) is 4. The first kappa shape index (κ1) is 25.2. The zero-order valence-corrected chi connectivity index (χ0v) is 21.1. The number of nitrogens with zero attached hydrogens (tertiary/aromatic N) is 3. The minimum absolute atomic E-state index is 0.0707. The van der Waals surface area contributed by atoms with Crippen LogP contribution < -0.4 is 5.32 Å². The summed E-state index contributed by atoms with van der Waals surface area (Å²) in [5.74, 6) is 0.659. The lowest BCUT2D eigenvalue weighted by molar-refractivity contribution is -0.121. The van der Waals surface area contributed by atoms with Gasteiger partial charge in [0, 0.05) is 38.0 Å². The van der Waals surface area contributed by atoms with Crippen molar-refractivity contribution in [1.82, 2.24) is 19.2 Å². The highest BCUT2D eigenvalue weighted by Gasteiger charge is 2.23.